The van der Waals surface area contributed by atoms with Crippen molar-refractivity contribution < 1.29 is 4.76 Å². The van der Waals surface area contributed by atoms with Crippen molar-refractivity contribution in [2.45, 2.75) is 45.3 Å². The Morgan fingerprint density at radius 2 is 2.19 bits per heavy atom. The first kappa shape index (κ1) is 11.3. The Morgan fingerprint density at radius 1 is 1.38 bits per heavy atom. The molecule has 0 fully saturated rings. The van der Waals surface area contributed by atoms with Crippen LogP contribution >= 0.6 is 0 Å². The quantitative estimate of drug-likeness (QED) is 0.623. The van der Waals surface area contributed by atoms with Gasteiger partial charge in [0.1, 0.15) is 0 Å². The molecule has 1 N–H and O–H groups in total. The first-order valence-corrected chi connectivity index (χ1v) is 6.10. The Kier molecular flexibility index (Phi) is 3.67. The van der Waals surface area contributed by atoms with Crippen LogP contribution in [0.2, 0.25) is 0 Å². The van der Waals surface area contributed by atoms with E-state index < -0.39 is 0 Å². The zero-order valence-electron chi connectivity index (χ0n) is 9.78. The fourth-order valence-corrected chi connectivity index (χ4v) is 2.16. The van der Waals surface area contributed by atoms with Crippen molar-refractivity contribution in [2.75, 3.05) is 0 Å². The molecule has 2 rings (SSSR count). The largest absolute Gasteiger partial charge is 0.262 e. The van der Waals surface area contributed by atoms with Crippen LogP contribution in [0.3, 0.4) is 0 Å². The molecule has 0 aliphatic carbocycles. The highest BCUT2D eigenvalue weighted by molar-refractivity contribution is 5.40. The lowest BCUT2D eigenvalue weighted by molar-refractivity contribution is -0.520. The smallest absolute Gasteiger partial charge is 0.251 e. The average molecular weight is 219 g/mol. The highest BCUT2D eigenvalue weighted by Gasteiger charge is 2.33. The molecule has 1 unspecified atom stereocenters. The van der Waals surface area contributed by atoms with Gasteiger partial charge in [-0.3, -0.25) is 5.32 Å². The van der Waals surface area contributed by atoms with Crippen molar-refractivity contribution >= 4 is 5.69 Å². The summed E-state index contributed by atoms with van der Waals surface area (Å²) in [5, 5.41) is 3.30. The van der Waals surface area contributed by atoms with Gasteiger partial charge in [-0.15, -0.1) is 0 Å². The van der Waals surface area contributed by atoms with Gasteiger partial charge >= 0.3 is 0 Å². The van der Waals surface area contributed by atoms with E-state index >= 15 is 0 Å². The lowest BCUT2D eigenvalue weighted by Gasteiger charge is -2.17. The summed E-state index contributed by atoms with van der Waals surface area (Å²) in [6.07, 6.45) is 4.41. The maximum Gasteiger partial charge on any atom is 0.262 e. The van der Waals surface area contributed by atoms with Crippen LogP contribution in [0, 0.1) is 4.91 Å². The van der Waals surface area contributed by atoms with Crippen molar-refractivity contribution in [2.24, 2.45) is 0 Å². The van der Waals surface area contributed by atoms with Gasteiger partial charge in [-0.05, 0) is 6.42 Å². The van der Waals surface area contributed by atoms with Crippen LogP contribution in [0.5, 0.6) is 0 Å². The van der Waals surface area contributed by atoms with Crippen LogP contribution in [-0.2, 0) is 6.54 Å². The van der Waals surface area contributed by atoms with Crippen LogP contribution in [0.15, 0.2) is 24.3 Å². The molecule has 0 saturated carbocycles. The molecule has 0 aromatic heterocycles. The summed E-state index contributed by atoms with van der Waals surface area (Å²) >= 11 is 0. The van der Waals surface area contributed by atoms with Crippen LogP contribution in [0.4, 0.5) is 5.69 Å². The van der Waals surface area contributed by atoms with E-state index in [-0.39, 0.29) is 6.17 Å². The lowest BCUT2D eigenvalue weighted by atomic mass is 10.1. The maximum absolute atomic E-state index is 12.1. The molecule has 0 spiro atoms. The van der Waals surface area contributed by atoms with Crippen molar-refractivity contribution in [1.29, 1.82) is 0 Å². The maximum atomic E-state index is 12.1. The molecular formula is C13H19N2O+. The summed E-state index contributed by atoms with van der Waals surface area (Å²) in [4.78, 5) is 12.1. The molecule has 1 aliphatic heterocycles. The number of fused-ring (bicyclic) bond motifs is 1. The Balaban J connectivity index is 2.03. The van der Waals surface area contributed by atoms with E-state index in [4.69, 9.17) is 0 Å². The van der Waals surface area contributed by atoms with Crippen molar-refractivity contribution in [3.8, 4) is 0 Å². The molecule has 1 aliphatic rings. The predicted octanol–water partition coefficient (Wildman–Crippen LogP) is 3.11. The molecule has 3 nitrogen and oxygen atoms in total. The normalized spacial score (nSPS) is 19.6. The molecule has 1 heterocycles. The van der Waals surface area contributed by atoms with Gasteiger partial charge in [-0.2, -0.15) is 0 Å². The molecule has 0 radical (unpaired) electrons. The van der Waals surface area contributed by atoms with Crippen LogP contribution in [0.25, 0.3) is 0 Å². The third kappa shape index (κ3) is 2.30. The number of benzene rings is 1. The number of nitrogens with one attached hydrogen (secondary N) is 1. The van der Waals surface area contributed by atoms with Crippen LogP contribution in [-0.4, -0.2) is 10.9 Å². The van der Waals surface area contributed by atoms with Crippen molar-refractivity contribution in [3.63, 3.8) is 0 Å². The first-order chi connectivity index (χ1) is 7.83. The molecule has 3 heteroatoms. The number of nitrogens with zero attached hydrogens (tertiary/aromatic N) is 1. The van der Waals surface area contributed by atoms with Crippen LogP contribution < -0.4 is 5.32 Å². The number of hydrogen-bond acceptors (Lipinski definition) is 2. The topological polar surface area (TPSA) is 32.1 Å². The second-order valence-electron chi connectivity index (χ2n) is 4.35. The van der Waals surface area contributed by atoms with Gasteiger partial charge in [0, 0.05) is 29.5 Å². The molecule has 0 amide bonds. The SMILES string of the molecule is CCCCCC1NCc2ccccc2[N+]1=O. The van der Waals surface area contributed by atoms with Gasteiger partial charge in [-0.1, -0.05) is 38.0 Å². The van der Waals surface area contributed by atoms with Gasteiger partial charge in [-0.25, -0.2) is 0 Å². The lowest BCUT2D eigenvalue weighted by Crippen LogP contribution is -2.40. The number of rotatable bonds is 4. The Morgan fingerprint density at radius 3 is 3.00 bits per heavy atom. The van der Waals surface area contributed by atoms with Crippen molar-refractivity contribution in [1.82, 2.24) is 5.32 Å². The van der Waals surface area contributed by atoms with Crippen molar-refractivity contribution in [3.05, 3.63) is 34.7 Å². The van der Waals surface area contributed by atoms with Crippen LogP contribution in [0.1, 0.15) is 38.2 Å². The average Bonchev–Trinajstić information content (AvgIpc) is 2.33. The summed E-state index contributed by atoms with van der Waals surface area (Å²) in [5.41, 5.74) is 1.94. The van der Waals surface area contributed by atoms with E-state index in [0.29, 0.717) is 0 Å². The zero-order valence-corrected chi connectivity index (χ0v) is 9.78. The minimum Gasteiger partial charge on any atom is -0.251 e. The number of unbranched alkanes of at least 4 members (excludes halogenated alkanes) is 2. The van der Waals surface area contributed by atoms with Gasteiger partial charge in [0.2, 0.25) is 0 Å². The first-order valence-electron chi connectivity index (χ1n) is 6.10. The summed E-state index contributed by atoms with van der Waals surface area (Å²) in [6, 6.07) is 7.83. The summed E-state index contributed by atoms with van der Waals surface area (Å²) in [6.45, 7) is 2.99. The van der Waals surface area contributed by atoms with Gasteiger partial charge in [0.25, 0.3) is 11.9 Å². The molecule has 1 atom stereocenters. The highest BCUT2D eigenvalue weighted by atomic mass is 16.3. The minimum atomic E-state index is -0.0403. The number of para-hydroxylation sites is 1. The number of hydrogen-bond donors (Lipinski definition) is 1. The standard InChI is InChI=1S/C13H19N2O/c1-2-3-4-9-13-14-10-11-7-5-6-8-12(11)15(13)16/h5-8,13-14H,2-4,9-10H2,1H3/q+1. The molecule has 0 saturated heterocycles. The monoisotopic (exact) mass is 219 g/mol. The zero-order chi connectivity index (χ0) is 11.4. The van der Waals surface area contributed by atoms with E-state index in [0.717, 1.165) is 35.4 Å². The van der Waals surface area contributed by atoms with E-state index in [1.165, 1.54) is 12.8 Å². The van der Waals surface area contributed by atoms with E-state index in [2.05, 4.69) is 12.2 Å². The minimum absolute atomic E-state index is 0.0403. The fourth-order valence-electron chi connectivity index (χ4n) is 2.16. The third-order valence-electron chi connectivity index (χ3n) is 3.12. The second kappa shape index (κ2) is 5.21. The van der Waals surface area contributed by atoms with E-state index in [1.54, 1.807) is 0 Å². The summed E-state index contributed by atoms with van der Waals surface area (Å²) < 4.78 is 1.13. The fraction of sp³-hybridized carbons (Fsp3) is 0.538. The van der Waals surface area contributed by atoms with E-state index in [9.17, 15) is 4.91 Å². The summed E-state index contributed by atoms with van der Waals surface area (Å²) in [7, 11) is 0. The van der Waals surface area contributed by atoms with Gasteiger partial charge < -0.3 is 0 Å². The Hall–Kier alpha value is -1.22. The highest BCUT2D eigenvalue weighted by Crippen LogP contribution is 2.25. The number of nitroso groups, excluding NO2 is 1. The molecule has 0 bridgehead atoms. The molecule has 1 aromatic carbocycles. The Labute approximate surface area is 96.4 Å². The molecule has 86 valence electrons. The van der Waals surface area contributed by atoms with E-state index in [1.807, 2.05) is 24.3 Å². The molecule has 1 aromatic rings. The molecule has 16 heavy (non-hydrogen) atoms. The van der Waals surface area contributed by atoms with Gasteiger partial charge in [0.15, 0.2) is 0 Å². The third-order valence-corrected chi connectivity index (χ3v) is 3.12. The Bertz CT molecular complexity index is 376. The second-order valence-corrected chi connectivity index (χ2v) is 4.35. The summed E-state index contributed by atoms with van der Waals surface area (Å²) in [5.74, 6) is 0. The van der Waals surface area contributed by atoms with Gasteiger partial charge in [0.05, 0.1) is 4.76 Å². The molecular weight excluding hydrogens is 200 g/mol. The predicted molar refractivity (Wildman–Crippen MR) is 64.5 cm³/mol.